The highest BCUT2D eigenvalue weighted by molar-refractivity contribution is 5.71. The number of aliphatic carboxylic acids is 1. The Balaban J connectivity index is 2.11. The normalized spacial score (nSPS) is 24.4. The van der Waals surface area contributed by atoms with Crippen LogP contribution >= 0.6 is 0 Å². The first-order valence-electron chi connectivity index (χ1n) is 13.5. The summed E-state index contributed by atoms with van der Waals surface area (Å²) in [6, 6.07) is 10.2. The lowest BCUT2D eigenvalue weighted by atomic mass is 9.61. The fraction of sp³-hybridized carbons (Fsp3) is 0.633. The second kappa shape index (κ2) is 15.9. The maximum absolute atomic E-state index is 12.3. The average molecular weight is 470 g/mol. The first-order valence-corrected chi connectivity index (χ1v) is 13.5. The molecular weight excluding hydrogens is 422 g/mol. The molecule has 6 atom stereocenters. The number of rotatable bonds is 16. The fourth-order valence-corrected chi connectivity index (χ4v) is 5.78. The first kappa shape index (κ1) is 28.3. The van der Waals surface area contributed by atoms with Gasteiger partial charge in [-0.3, -0.25) is 4.79 Å². The van der Waals surface area contributed by atoms with Crippen LogP contribution in [0.2, 0.25) is 0 Å². The van der Waals surface area contributed by atoms with Gasteiger partial charge in [-0.2, -0.15) is 0 Å². The predicted molar refractivity (Wildman–Crippen MR) is 141 cm³/mol. The van der Waals surface area contributed by atoms with Gasteiger partial charge >= 0.3 is 5.97 Å². The minimum absolute atomic E-state index is 0.0777. The Morgan fingerprint density at radius 3 is 2.29 bits per heavy atom. The number of hydrogen-bond donors (Lipinski definition) is 3. The van der Waals surface area contributed by atoms with Crippen LogP contribution in [-0.4, -0.2) is 28.8 Å². The first-order chi connectivity index (χ1) is 16.5. The van der Waals surface area contributed by atoms with Gasteiger partial charge in [-0.05, 0) is 87.6 Å². The van der Waals surface area contributed by atoms with Crippen LogP contribution in [0.25, 0.3) is 0 Å². The largest absolute Gasteiger partial charge is 0.481 e. The van der Waals surface area contributed by atoms with Crippen molar-refractivity contribution in [1.82, 2.24) is 0 Å². The quantitative estimate of drug-likeness (QED) is 0.193. The van der Waals surface area contributed by atoms with E-state index >= 15 is 0 Å². The molecule has 1 aliphatic rings. The molecule has 34 heavy (non-hydrogen) atoms. The van der Waals surface area contributed by atoms with Crippen molar-refractivity contribution >= 4 is 5.97 Å². The summed E-state index contributed by atoms with van der Waals surface area (Å²) in [6.07, 6.45) is 19.4. The molecule has 0 bridgehead atoms. The summed E-state index contributed by atoms with van der Waals surface area (Å²) in [6.45, 7) is 4.39. The third-order valence-corrected chi connectivity index (χ3v) is 7.48. The van der Waals surface area contributed by atoms with Gasteiger partial charge in [0.1, 0.15) is 0 Å². The smallest absolute Gasteiger partial charge is 0.309 e. The number of allylic oxidation sites excluding steroid dienone is 4. The molecule has 0 unspecified atom stereocenters. The second-order valence-corrected chi connectivity index (χ2v) is 10.1. The number of hydrogen-bond acceptors (Lipinski definition) is 3. The average Bonchev–Trinajstić information content (AvgIpc) is 2.81. The van der Waals surface area contributed by atoms with Crippen molar-refractivity contribution in [2.75, 3.05) is 6.54 Å². The van der Waals surface area contributed by atoms with Crippen LogP contribution in [-0.2, 0) is 11.2 Å². The summed E-state index contributed by atoms with van der Waals surface area (Å²) >= 11 is 0. The van der Waals surface area contributed by atoms with Gasteiger partial charge in [0.15, 0.2) is 0 Å². The highest BCUT2D eigenvalue weighted by atomic mass is 16.4. The van der Waals surface area contributed by atoms with Crippen LogP contribution in [0.3, 0.4) is 0 Å². The molecule has 0 fully saturated rings. The number of aliphatic hydroxyl groups excluding tert-OH is 1. The van der Waals surface area contributed by atoms with E-state index in [1.807, 2.05) is 18.2 Å². The number of unbranched alkanes of at least 4 members (excludes halogenated alkanes) is 5. The Kier molecular flexibility index (Phi) is 13.2. The van der Waals surface area contributed by atoms with E-state index in [0.29, 0.717) is 12.5 Å². The molecule has 0 heterocycles. The van der Waals surface area contributed by atoms with Gasteiger partial charge in [-0.15, -0.1) is 0 Å². The van der Waals surface area contributed by atoms with E-state index in [1.165, 1.54) is 31.2 Å². The van der Waals surface area contributed by atoms with Gasteiger partial charge in [-0.1, -0.05) is 80.8 Å². The van der Waals surface area contributed by atoms with E-state index in [0.717, 1.165) is 38.5 Å². The maximum Gasteiger partial charge on any atom is 0.309 e. The van der Waals surface area contributed by atoms with Crippen LogP contribution in [0.5, 0.6) is 0 Å². The second-order valence-electron chi connectivity index (χ2n) is 10.1. The van der Waals surface area contributed by atoms with Crippen LogP contribution in [0.15, 0.2) is 54.6 Å². The fourth-order valence-electron chi connectivity index (χ4n) is 5.78. The summed E-state index contributed by atoms with van der Waals surface area (Å²) in [5.41, 5.74) is 7.23. The minimum Gasteiger partial charge on any atom is -0.481 e. The summed E-state index contributed by atoms with van der Waals surface area (Å²) in [4.78, 5) is 12.3. The predicted octanol–water partition coefficient (Wildman–Crippen LogP) is 6.39. The van der Waals surface area contributed by atoms with E-state index in [9.17, 15) is 15.0 Å². The Morgan fingerprint density at radius 1 is 1.00 bits per heavy atom. The molecule has 4 N–H and O–H groups in total. The van der Waals surface area contributed by atoms with Crippen LogP contribution in [0.4, 0.5) is 0 Å². The molecule has 1 aromatic carbocycles. The molecule has 0 saturated heterocycles. The lowest BCUT2D eigenvalue weighted by molar-refractivity contribution is -0.151. The summed E-state index contributed by atoms with van der Waals surface area (Å²) < 4.78 is 0. The zero-order valence-corrected chi connectivity index (χ0v) is 21.3. The summed E-state index contributed by atoms with van der Waals surface area (Å²) in [5, 5.41) is 20.6. The topological polar surface area (TPSA) is 83.5 Å². The molecule has 1 aliphatic carbocycles. The van der Waals surface area contributed by atoms with Crippen LogP contribution in [0, 0.1) is 29.6 Å². The molecule has 0 saturated carbocycles. The van der Waals surface area contributed by atoms with Crippen molar-refractivity contribution in [1.29, 1.82) is 0 Å². The van der Waals surface area contributed by atoms with Gasteiger partial charge in [0.25, 0.3) is 0 Å². The monoisotopic (exact) mass is 469 g/mol. The molecule has 0 aromatic heterocycles. The van der Waals surface area contributed by atoms with Gasteiger partial charge in [0, 0.05) is 0 Å². The van der Waals surface area contributed by atoms with Gasteiger partial charge in [0.05, 0.1) is 12.0 Å². The molecule has 0 amide bonds. The molecule has 1 aromatic rings. The Labute approximate surface area is 207 Å². The summed E-state index contributed by atoms with van der Waals surface area (Å²) in [7, 11) is 0. The molecular formula is C30H47NO3. The molecule has 0 spiro atoms. The zero-order chi connectivity index (χ0) is 24.8. The molecule has 4 heteroatoms. The minimum atomic E-state index is -0.903. The Morgan fingerprint density at radius 2 is 1.68 bits per heavy atom. The van der Waals surface area contributed by atoms with Crippen molar-refractivity contribution < 1.29 is 15.0 Å². The van der Waals surface area contributed by atoms with E-state index in [4.69, 9.17) is 5.73 Å². The number of carbonyl (C=O) groups is 1. The van der Waals surface area contributed by atoms with E-state index in [2.05, 4.69) is 43.4 Å². The Bertz CT molecular complexity index is 743. The van der Waals surface area contributed by atoms with E-state index in [-0.39, 0.29) is 17.8 Å². The van der Waals surface area contributed by atoms with Crippen molar-refractivity contribution in [3.05, 3.63) is 60.2 Å². The number of aliphatic hydroxyl groups is 1. The molecule has 4 nitrogen and oxygen atoms in total. The highest BCUT2D eigenvalue weighted by Gasteiger charge is 2.44. The standard InChI is InChI=1S/C30H47NO3/c1-3-4-5-6-7-8-9-10-14-17-25-18-19-26(22-24-15-12-11-13-16-24)29(27(25)20-21-31)28(23(2)32)30(33)34/h8-9,11-13,15-16,18-19,23,25-29,32H,3-7,10,14,17,20-22,31H2,1-2H3,(H,33,34)/t23-,25-,26+,27-,28+,29+/m0/s1. The third-order valence-electron chi connectivity index (χ3n) is 7.48. The molecule has 2 rings (SSSR count). The molecule has 0 aliphatic heterocycles. The van der Waals surface area contributed by atoms with Crippen molar-refractivity contribution in [2.45, 2.75) is 84.2 Å². The lowest BCUT2D eigenvalue weighted by Crippen LogP contribution is -2.45. The highest BCUT2D eigenvalue weighted by Crippen LogP contribution is 2.45. The SMILES string of the molecule is CCCCCCC=CCCC[C@H]1C=C[C@H](Cc2ccccc2)[C@@H]([C@H](C(=O)O)[C@H](C)O)[C@H]1CCN. The number of carboxylic acid groups (broad SMARTS) is 1. The van der Waals surface area contributed by atoms with Crippen LogP contribution < -0.4 is 5.73 Å². The number of benzene rings is 1. The number of carboxylic acids is 1. The third kappa shape index (κ3) is 9.03. The van der Waals surface area contributed by atoms with Crippen LogP contribution in [0.1, 0.15) is 77.2 Å². The Hall–Kier alpha value is -1.91. The van der Waals surface area contributed by atoms with E-state index < -0.39 is 18.0 Å². The van der Waals surface area contributed by atoms with E-state index in [1.54, 1.807) is 6.92 Å². The molecule has 190 valence electrons. The number of nitrogens with two attached hydrogens (primary N) is 1. The lowest BCUT2D eigenvalue weighted by Gasteiger charge is -2.44. The zero-order valence-electron chi connectivity index (χ0n) is 21.3. The molecule has 0 radical (unpaired) electrons. The van der Waals surface area contributed by atoms with Gasteiger partial charge < -0.3 is 15.9 Å². The maximum atomic E-state index is 12.3. The van der Waals surface area contributed by atoms with Gasteiger partial charge in [-0.25, -0.2) is 0 Å². The summed E-state index contributed by atoms with van der Waals surface area (Å²) in [5.74, 6) is -1.28. The van der Waals surface area contributed by atoms with Crippen molar-refractivity contribution in [2.24, 2.45) is 35.3 Å². The van der Waals surface area contributed by atoms with Crippen molar-refractivity contribution in [3.8, 4) is 0 Å². The van der Waals surface area contributed by atoms with Crippen molar-refractivity contribution in [3.63, 3.8) is 0 Å². The van der Waals surface area contributed by atoms with Gasteiger partial charge in [0.2, 0.25) is 0 Å².